The van der Waals surface area contributed by atoms with Crippen molar-refractivity contribution in [2.75, 3.05) is 28.4 Å². The van der Waals surface area contributed by atoms with Crippen LogP contribution in [-0.4, -0.2) is 63.5 Å². The third-order valence-corrected chi connectivity index (χ3v) is 10.2. The quantitative estimate of drug-likeness (QED) is 0.294. The van der Waals surface area contributed by atoms with Gasteiger partial charge in [-0.15, -0.1) is 0 Å². The fraction of sp³-hybridized carbons (Fsp3) is 0.500. The van der Waals surface area contributed by atoms with Crippen LogP contribution >= 0.6 is 0 Å². The smallest absolute Gasteiger partial charge is 0.326 e. The summed E-state index contributed by atoms with van der Waals surface area (Å²) in [5.41, 5.74) is -4.72. The third kappa shape index (κ3) is 3.57. The topological polar surface area (TPSA) is 114 Å². The van der Waals surface area contributed by atoms with Gasteiger partial charge < -0.3 is 23.7 Å². The molecule has 0 bridgehead atoms. The molecule has 0 amide bonds. The molecule has 0 radical (unpaired) electrons. The Labute approximate surface area is 239 Å². The molecule has 2 aromatic carbocycles. The fourth-order valence-corrected chi connectivity index (χ4v) is 8.68. The van der Waals surface area contributed by atoms with E-state index in [1.807, 2.05) is 67.6 Å². The maximum Gasteiger partial charge on any atom is 0.326 e. The summed E-state index contributed by atoms with van der Waals surface area (Å²) < 4.78 is 28.3. The lowest BCUT2D eigenvalue weighted by molar-refractivity contribution is -0.201. The highest BCUT2D eigenvalue weighted by atomic mass is 16.6. The predicted octanol–water partition coefficient (Wildman–Crippen LogP) is 3.81. The van der Waals surface area contributed by atoms with E-state index in [0.29, 0.717) is 0 Å². The minimum Gasteiger partial charge on any atom is -0.468 e. The number of esters is 4. The zero-order valence-corrected chi connectivity index (χ0v) is 24.2. The molecule has 1 heterocycles. The van der Waals surface area contributed by atoms with Crippen LogP contribution in [0.3, 0.4) is 0 Å². The predicted molar refractivity (Wildman–Crippen MR) is 145 cm³/mol. The lowest BCUT2D eigenvalue weighted by atomic mass is 9.61. The summed E-state index contributed by atoms with van der Waals surface area (Å²) >= 11 is 0. The van der Waals surface area contributed by atoms with Gasteiger partial charge in [0.25, 0.3) is 0 Å². The molecule has 6 atom stereocenters. The molecule has 9 nitrogen and oxygen atoms in total. The lowest BCUT2D eigenvalue weighted by Crippen LogP contribution is -2.57. The second-order valence-corrected chi connectivity index (χ2v) is 11.6. The summed E-state index contributed by atoms with van der Waals surface area (Å²) in [5, 5.41) is 0. The summed E-state index contributed by atoms with van der Waals surface area (Å²) in [6, 6.07) is 18.9. The first-order valence-electron chi connectivity index (χ1n) is 13.7. The van der Waals surface area contributed by atoms with Gasteiger partial charge in [-0.1, -0.05) is 60.7 Å². The third-order valence-electron chi connectivity index (χ3n) is 10.2. The van der Waals surface area contributed by atoms with Crippen molar-refractivity contribution < 1.29 is 42.9 Å². The molecule has 218 valence electrons. The molecule has 0 unspecified atom stereocenters. The minimum absolute atomic E-state index is 0.00145. The second-order valence-electron chi connectivity index (χ2n) is 11.6. The first kappa shape index (κ1) is 28.8. The Bertz CT molecular complexity index is 1320. The Kier molecular flexibility index (Phi) is 7.01. The van der Waals surface area contributed by atoms with Crippen molar-refractivity contribution in [1.82, 2.24) is 0 Å². The van der Waals surface area contributed by atoms with E-state index in [9.17, 15) is 19.2 Å². The van der Waals surface area contributed by atoms with Crippen LogP contribution in [0.25, 0.3) is 0 Å². The van der Waals surface area contributed by atoms with Gasteiger partial charge in [0.15, 0.2) is 10.8 Å². The van der Waals surface area contributed by atoms with Crippen LogP contribution in [0.2, 0.25) is 0 Å². The molecule has 1 saturated heterocycles. The summed E-state index contributed by atoms with van der Waals surface area (Å²) in [5.74, 6) is -5.59. The maximum atomic E-state index is 13.9. The van der Waals surface area contributed by atoms with E-state index < -0.39 is 69.6 Å². The number of hydrogen-bond acceptors (Lipinski definition) is 9. The molecule has 9 heteroatoms. The molecule has 2 aromatic rings. The average Bonchev–Trinajstić information content (AvgIpc) is 3.52. The Morgan fingerprint density at radius 2 is 1.15 bits per heavy atom. The number of hydrogen-bond donors (Lipinski definition) is 0. The van der Waals surface area contributed by atoms with Gasteiger partial charge in [-0.3, -0.25) is 19.2 Å². The zero-order valence-electron chi connectivity index (χ0n) is 24.2. The van der Waals surface area contributed by atoms with E-state index >= 15 is 0 Å². The second kappa shape index (κ2) is 9.98. The summed E-state index contributed by atoms with van der Waals surface area (Å²) in [7, 11) is 4.93. The summed E-state index contributed by atoms with van der Waals surface area (Å²) in [4.78, 5) is 55.4. The Morgan fingerprint density at radius 3 is 1.61 bits per heavy atom. The van der Waals surface area contributed by atoms with Gasteiger partial charge in [-0.25, -0.2) is 0 Å². The van der Waals surface area contributed by atoms with Crippen LogP contribution in [0.5, 0.6) is 0 Å². The van der Waals surface area contributed by atoms with Crippen LogP contribution in [0, 0.1) is 22.7 Å². The number of ether oxygens (including phenoxy) is 5. The van der Waals surface area contributed by atoms with Crippen molar-refractivity contribution in [2.24, 2.45) is 22.7 Å². The van der Waals surface area contributed by atoms with Gasteiger partial charge in [0.1, 0.15) is 0 Å². The van der Waals surface area contributed by atoms with Crippen LogP contribution < -0.4 is 0 Å². The highest BCUT2D eigenvalue weighted by Gasteiger charge is 2.85. The Morgan fingerprint density at radius 1 is 0.683 bits per heavy atom. The highest BCUT2D eigenvalue weighted by molar-refractivity contribution is 6.04. The molecule has 41 heavy (non-hydrogen) atoms. The number of benzene rings is 2. The van der Waals surface area contributed by atoms with E-state index in [1.165, 1.54) is 28.4 Å². The Balaban J connectivity index is 1.87. The molecule has 2 saturated carbocycles. The van der Waals surface area contributed by atoms with Crippen LogP contribution in [0.4, 0.5) is 0 Å². The van der Waals surface area contributed by atoms with Crippen molar-refractivity contribution in [3.8, 4) is 0 Å². The first-order valence-corrected chi connectivity index (χ1v) is 13.7. The normalized spacial score (nSPS) is 32.3. The van der Waals surface area contributed by atoms with Gasteiger partial charge in [-0.05, 0) is 43.7 Å². The van der Waals surface area contributed by atoms with E-state index in [4.69, 9.17) is 23.7 Å². The summed E-state index contributed by atoms with van der Waals surface area (Å²) in [6.45, 7) is 3.56. The maximum absolute atomic E-state index is 13.9. The molecular weight excluding hydrogens is 528 g/mol. The molecule has 0 spiro atoms. The number of methoxy groups -OCH3 is 4. The van der Waals surface area contributed by atoms with Crippen molar-refractivity contribution >= 4 is 23.9 Å². The van der Waals surface area contributed by atoms with Crippen molar-refractivity contribution in [3.05, 3.63) is 71.8 Å². The first-order chi connectivity index (χ1) is 19.5. The molecule has 3 fully saturated rings. The van der Waals surface area contributed by atoms with Gasteiger partial charge in [0, 0.05) is 17.8 Å². The molecule has 1 aliphatic heterocycles. The standard InChI is InChI=1S/C32H36O9/c1-29-22(20-15-11-8-12-16-20)18-31(25(33)37-3,26(34)38-4)24(29)23-21(19-13-9-7-10-14-19)17-32(27(35)39-5,28(36)40-6)30(23,2)41-29/h7-16,21-24H,17-18H2,1-6H3/t21-,22+,23-,24-,29-,30+/m0/s1. The largest absolute Gasteiger partial charge is 0.468 e. The fourth-order valence-electron chi connectivity index (χ4n) is 8.68. The van der Waals surface area contributed by atoms with Gasteiger partial charge in [0.05, 0.1) is 39.6 Å². The number of fused-ring (bicyclic) bond motifs is 3. The number of rotatable bonds is 6. The number of carbonyl (C=O) groups is 4. The van der Waals surface area contributed by atoms with Gasteiger partial charge >= 0.3 is 23.9 Å². The van der Waals surface area contributed by atoms with E-state index in [2.05, 4.69) is 0 Å². The molecular formula is C32H36O9. The van der Waals surface area contributed by atoms with E-state index in [-0.39, 0.29) is 12.8 Å². The van der Waals surface area contributed by atoms with Gasteiger partial charge in [0.2, 0.25) is 0 Å². The van der Waals surface area contributed by atoms with Crippen LogP contribution in [0.1, 0.15) is 49.7 Å². The SMILES string of the molecule is COC(=O)C1(C(=O)OC)C[C@H](c2ccccc2)[C@]2(C)O[C@]3(C)[C@H]([C@H]12)[C@H](c1ccccc1)CC3(C(=O)OC)C(=O)OC. The van der Waals surface area contributed by atoms with Crippen molar-refractivity contribution in [3.63, 3.8) is 0 Å². The molecule has 5 rings (SSSR count). The minimum atomic E-state index is -1.88. The van der Waals surface area contributed by atoms with E-state index in [1.54, 1.807) is 6.92 Å². The molecule has 3 aliphatic rings. The number of carbonyl (C=O) groups excluding carboxylic acids is 4. The molecule has 2 aliphatic carbocycles. The highest BCUT2D eigenvalue weighted by Crippen LogP contribution is 2.76. The lowest BCUT2D eigenvalue weighted by Gasteiger charge is -2.41. The van der Waals surface area contributed by atoms with Crippen molar-refractivity contribution in [2.45, 2.75) is 49.7 Å². The molecule has 0 aromatic heterocycles. The summed E-state index contributed by atoms with van der Waals surface area (Å²) in [6.07, 6.45) is 0.0631. The van der Waals surface area contributed by atoms with Crippen LogP contribution in [0.15, 0.2) is 60.7 Å². The van der Waals surface area contributed by atoms with E-state index in [0.717, 1.165) is 11.1 Å². The average molecular weight is 565 g/mol. The zero-order chi connectivity index (χ0) is 29.8. The Hall–Kier alpha value is -3.72. The van der Waals surface area contributed by atoms with Crippen molar-refractivity contribution in [1.29, 1.82) is 0 Å². The van der Waals surface area contributed by atoms with Gasteiger partial charge in [-0.2, -0.15) is 0 Å². The van der Waals surface area contributed by atoms with Crippen LogP contribution in [-0.2, 0) is 42.9 Å². The monoisotopic (exact) mass is 564 g/mol. The molecule has 0 N–H and O–H groups in total.